The lowest BCUT2D eigenvalue weighted by Crippen LogP contribution is -2.41. The normalized spacial score (nSPS) is 20.2. The third-order valence-corrected chi connectivity index (χ3v) is 11.7. The Balaban J connectivity index is 1.32. The van der Waals surface area contributed by atoms with E-state index in [1.807, 2.05) is 60.7 Å². The zero-order valence-corrected chi connectivity index (χ0v) is 26.3. The van der Waals surface area contributed by atoms with Crippen molar-refractivity contribution in [3.05, 3.63) is 123 Å². The second kappa shape index (κ2) is 10.8. The van der Waals surface area contributed by atoms with Crippen molar-refractivity contribution in [2.45, 2.75) is 49.6 Å². The van der Waals surface area contributed by atoms with E-state index in [1.165, 1.54) is 12.4 Å². The average molecular weight is 643 g/mol. The topological polar surface area (TPSA) is 127 Å². The Hall–Kier alpha value is -4.09. The highest BCUT2D eigenvalue weighted by Crippen LogP contribution is 2.43. The summed E-state index contributed by atoms with van der Waals surface area (Å²) in [5.74, 6) is 0. The average Bonchev–Trinajstić information content (AvgIpc) is 3.74. The molecule has 45 heavy (non-hydrogen) atoms. The van der Waals surface area contributed by atoms with Crippen molar-refractivity contribution in [2.24, 2.45) is 0 Å². The number of ether oxygens (including phenoxy) is 1. The smallest absolute Gasteiger partial charge is 0.273 e. The zero-order chi connectivity index (χ0) is 31.6. The van der Waals surface area contributed by atoms with E-state index in [4.69, 9.17) is 16.3 Å². The number of halogens is 1. The third-order valence-electron chi connectivity index (χ3n) is 9.06. The maximum atomic E-state index is 14.1. The van der Waals surface area contributed by atoms with E-state index in [-0.39, 0.29) is 29.9 Å². The van der Waals surface area contributed by atoms with Gasteiger partial charge in [0, 0.05) is 23.2 Å². The van der Waals surface area contributed by atoms with Gasteiger partial charge in [-0.05, 0) is 91.2 Å². The van der Waals surface area contributed by atoms with E-state index < -0.39 is 25.9 Å². The summed E-state index contributed by atoms with van der Waals surface area (Å²) in [5, 5.41) is 12.2. The Bertz CT molecular complexity index is 2200. The van der Waals surface area contributed by atoms with E-state index in [9.17, 15) is 18.3 Å². The summed E-state index contributed by atoms with van der Waals surface area (Å²) in [5.41, 5.74) is 2.47. The number of hydrogen-bond donors (Lipinski definition) is 2. The minimum atomic E-state index is -4.02. The van der Waals surface area contributed by atoms with Crippen molar-refractivity contribution in [2.75, 3.05) is 6.61 Å². The van der Waals surface area contributed by atoms with E-state index >= 15 is 0 Å². The lowest BCUT2D eigenvalue weighted by molar-refractivity contribution is -0.0672. The minimum Gasteiger partial charge on any atom is -0.393 e. The number of aromatic amines is 1. The van der Waals surface area contributed by atoms with Crippen LogP contribution in [0.1, 0.15) is 49.9 Å². The van der Waals surface area contributed by atoms with Crippen molar-refractivity contribution in [3.8, 4) is 0 Å². The van der Waals surface area contributed by atoms with Crippen LogP contribution >= 0.6 is 11.6 Å². The van der Waals surface area contributed by atoms with E-state index in [1.54, 1.807) is 26.0 Å². The maximum absolute atomic E-state index is 14.1. The molecule has 0 spiro atoms. The molecular weight excluding hydrogens is 612 g/mol. The summed E-state index contributed by atoms with van der Waals surface area (Å²) >= 11 is 6.44. The number of hydrogen-bond acceptors (Lipinski definition) is 7. The predicted octanol–water partition coefficient (Wildman–Crippen LogP) is 5.71. The van der Waals surface area contributed by atoms with Crippen LogP contribution in [0.4, 0.5) is 0 Å². The predicted molar refractivity (Wildman–Crippen MR) is 175 cm³/mol. The van der Waals surface area contributed by atoms with Gasteiger partial charge in [-0.1, -0.05) is 48.6 Å². The Morgan fingerprint density at radius 1 is 1.13 bits per heavy atom. The van der Waals surface area contributed by atoms with Crippen LogP contribution < -0.4 is 5.56 Å². The molecule has 1 unspecified atom stereocenters. The molecule has 2 atom stereocenters. The molecule has 2 aliphatic carbocycles. The first kappa shape index (κ1) is 29.6. The largest absolute Gasteiger partial charge is 0.393 e. The second-order valence-corrected chi connectivity index (χ2v) is 14.5. The molecule has 2 aliphatic rings. The second-order valence-electron chi connectivity index (χ2n) is 11.9. The number of nitrogens with one attached hydrogen (secondary N) is 1. The molecule has 11 heteroatoms. The van der Waals surface area contributed by atoms with Gasteiger partial charge in [-0.25, -0.2) is 22.4 Å². The number of rotatable bonds is 8. The van der Waals surface area contributed by atoms with Gasteiger partial charge < -0.3 is 14.8 Å². The molecule has 0 aliphatic heterocycles. The third kappa shape index (κ3) is 4.75. The number of benzene rings is 2. The fraction of sp³-hybridized carbons (Fsp3) is 0.265. The van der Waals surface area contributed by atoms with Crippen LogP contribution in [0, 0.1) is 0 Å². The van der Waals surface area contributed by atoms with Crippen LogP contribution in [0.15, 0.2) is 95.6 Å². The van der Waals surface area contributed by atoms with Crippen LogP contribution in [-0.2, 0) is 20.4 Å². The van der Waals surface area contributed by atoms with Gasteiger partial charge in [0.05, 0.1) is 23.9 Å². The molecule has 0 saturated heterocycles. The van der Waals surface area contributed by atoms with Gasteiger partial charge in [0.15, 0.2) is 5.60 Å². The van der Waals surface area contributed by atoms with Gasteiger partial charge >= 0.3 is 0 Å². The molecule has 3 heterocycles. The van der Waals surface area contributed by atoms with Crippen molar-refractivity contribution in [3.63, 3.8) is 0 Å². The highest BCUT2D eigenvalue weighted by molar-refractivity contribution is 7.91. The van der Waals surface area contributed by atoms with Crippen LogP contribution in [-0.4, -0.2) is 49.9 Å². The van der Waals surface area contributed by atoms with Crippen molar-refractivity contribution in [1.82, 2.24) is 18.9 Å². The maximum Gasteiger partial charge on any atom is 0.273 e. The molecule has 9 nitrogen and oxygen atoms in total. The van der Waals surface area contributed by atoms with Crippen LogP contribution in [0.3, 0.4) is 0 Å². The first-order chi connectivity index (χ1) is 21.6. The lowest BCUT2D eigenvalue weighted by Gasteiger charge is -2.34. The number of pyridine rings is 1. The fourth-order valence-electron chi connectivity index (χ4n) is 6.14. The number of fused-ring (bicyclic) bond motifs is 2. The van der Waals surface area contributed by atoms with Crippen molar-refractivity contribution < 1.29 is 18.3 Å². The molecule has 7 rings (SSSR count). The molecule has 2 N–H and O–H groups in total. The minimum absolute atomic E-state index is 0.0106. The summed E-state index contributed by atoms with van der Waals surface area (Å²) in [7, 11) is -4.02. The summed E-state index contributed by atoms with van der Waals surface area (Å²) in [6.07, 6.45) is 8.66. The van der Waals surface area contributed by atoms with Crippen LogP contribution in [0.2, 0.25) is 5.28 Å². The van der Waals surface area contributed by atoms with Crippen molar-refractivity contribution in [1.29, 1.82) is 0 Å². The molecule has 3 aromatic heterocycles. The van der Waals surface area contributed by atoms with Crippen molar-refractivity contribution >= 4 is 49.0 Å². The SMILES string of the molecule is CC1=CC(c2ccc3nc(Cl)nc(C(CO)(OC4CC4)c4ccccc4)c3c2)=CC[C@]1(C)S(=O)(=O)n1ccc2cc[nH]c(=O)c21. The van der Waals surface area contributed by atoms with Crippen LogP contribution in [0.5, 0.6) is 0 Å². The molecule has 0 radical (unpaired) electrons. The van der Waals surface area contributed by atoms with Gasteiger partial charge in [0.1, 0.15) is 10.3 Å². The summed E-state index contributed by atoms with van der Waals surface area (Å²) < 4.78 is 34.5. The Morgan fingerprint density at radius 2 is 1.91 bits per heavy atom. The highest BCUT2D eigenvalue weighted by atomic mass is 35.5. The Kier molecular flexibility index (Phi) is 7.09. The zero-order valence-electron chi connectivity index (χ0n) is 24.7. The molecule has 2 aromatic carbocycles. The Labute approximate surface area is 264 Å². The fourth-order valence-corrected chi connectivity index (χ4v) is 8.16. The van der Waals surface area contributed by atoms with E-state index in [2.05, 4.69) is 15.0 Å². The molecule has 0 bridgehead atoms. The quantitative estimate of drug-likeness (QED) is 0.208. The molecule has 1 fully saturated rings. The van der Waals surface area contributed by atoms with Crippen LogP contribution in [0.25, 0.3) is 27.4 Å². The highest BCUT2D eigenvalue weighted by Gasteiger charge is 2.45. The molecular formula is C34H31ClN4O5S. The lowest BCUT2D eigenvalue weighted by atomic mass is 9.85. The van der Waals surface area contributed by atoms with E-state index in [0.29, 0.717) is 27.6 Å². The van der Waals surface area contributed by atoms with Gasteiger partial charge in [0.25, 0.3) is 5.56 Å². The van der Waals surface area contributed by atoms with Gasteiger partial charge in [-0.2, -0.15) is 0 Å². The summed E-state index contributed by atoms with van der Waals surface area (Å²) in [6, 6.07) is 18.5. The monoisotopic (exact) mass is 642 g/mol. The number of nitrogens with zero attached hydrogens (tertiary/aromatic N) is 3. The standard InChI is InChI=1S/C34H31ClN4O5S/c1-21-18-24(12-15-33(21,2)45(42,43)39-17-14-22-13-16-36-31(41)29(22)39)23-8-11-28-27(19-23)30(38-32(35)37-28)34(20-40,44-26-9-10-26)25-6-4-3-5-7-25/h3-8,11-14,16-19,26,40H,9-10,15,20H2,1-2H3,(H,36,41)/t33-,34?/m0/s1. The number of H-pyrrole nitrogens is 1. The summed E-state index contributed by atoms with van der Waals surface area (Å²) in [4.78, 5) is 24.3. The number of aromatic nitrogens is 4. The van der Waals surface area contributed by atoms with Gasteiger partial charge in [0.2, 0.25) is 15.3 Å². The number of allylic oxidation sites excluding steroid dienone is 3. The number of aliphatic hydroxyl groups excluding tert-OH is 1. The summed E-state index contributed by atoms with van der Waals surface area (Å²) in [6.45, 7) is 3.13. The van der Waals surface area contributed by atoms with Gasteiger partial charge in [-0.15, -0.1) is 0 Å². The number of aliphatic hydroxyl groups is 1. The molecule has 0 amide bonds. The Morgan fingerprint density at radius 3 is 2.62 bits per heavy atom. The first-order valence-corrected chi connectivity index (χ1v) is 16.5. The molecule has 1 saturated carbocycles. The van der Waals surface area contributed by atoms with E-state index in [0.717, 1.165) is 33.5 Å². The molecule has 230 valence electrons. The first-order valence-electron chi connectivity index (χ1n) is 14.7. The molecule has 5 aromatic rings. The van der Waals surface area contributed by atoms with Gasteiger partial charge in [-0.3, -0.25) is 4.79 Å².